The van der Waals surface area contributed by atoms with E-state index in [1.54, 1.807) is 17.0 Å². The maximum Gasteiger partial charge on any atom is 0.251 e. The van der Waals surface area contributed by atoms with Gasteiger partial charge in [0.2, 0.25) is 5.91 Å². The quantitative estimate of drug-likeness (QED) is 0.717. The molecule has 1 aromatic rings. The number of anilines is 1. The number of amides is 2. The molecule has 88 valence electrons. The summed E-state index contributed by atoms with van der Waals surface area (Å²) in [5.41, 5.74) is 2.32. The summed E-state index contributed by atoms with van der Waals surface area (Å²) >= 11 is 0. The Balaban J connectivity index is 1.95. The lowest BCUT2D eigenvalue weighted by molar-refractivity contribution is -0.117. The smallest absolute Gasteiger partial charge is 0.251 e. The third kappa shape index (κ3) is 1.59. The first-order valence-corrected chi connectivity index (χ1v) is 5.55. The van der Waals surface area contributed by atoms with Gasteiger partial charge in [-0.1, -0.05) is 0 Å². The van der Waals surface area contributed by atoms with Crippen molar-refractivity contribution in [2.45, 2.75) is 19.1 Å². The van der Waals surface area contributed by atoms with Gasteiger partial charge in [-0.25, -0.2) is 0 Å². The highest BCUT2D eigenvalue weighted by molar-refractivity contribution is 6.00. The summed E-state index contributed by atoms with van der Waals surface area (Å²) in [5, 5.41) is 12.2. The summed E-state index contributed by atoms with van der Waals surface area (Å²) in [6.45, 7) is 0.839. The molecule has 3 rings (SSSR count). The van der Waals surface area contributed by atoms with Crippen molar-refractivity contribution < 1.29 is 14.7 Å². The second-order valence-electron chi connectivity index (χ2n) is 4.39. The molecule has 2 N–H and O–H groups in total. The van der Waals surface area contributed by atoms with E-state index >= 15 is 0 Å². The SMILES string of the molecule is O=C1NCc2cc(N3CC(O)CC3=O)ccc21. The molecular weight excluding hydrogens is 220 g/mol. The number of aliphatic hydroxyl groups is 1. The van der Waals surface area contributed by atoms with E-state index in [-0.39, 0.29) is 18.2 Å². The Hall–Kier alpha value is -1.88. The zero-order valence-corrected chi connectivity index (χ0v) is 9.14. The van der Waals surface area contributed by atoms with Gasteiger partial charge in [0.15, 0.2) is 0 Å². The second-order valence-corrected chi connectivity index (χ2v) is 4.39. The molecule has 5 nitrogen and oxygen atoms in total. The van der Waals surface area contributed by atoms with Gasteiger partial charge in [0.25, 0.3) is 5.91 Å². The number of rotatable bonds is 1. The zero-order valence-electron chi connectivity index (χ0n) is 9.14. The molecule has 2 heterocycles. The van der Waals surface area contributed by atoms with Crippen molar-refractivity contribution in [1.82, 2.24) is 5.32 Å². The molecule has 1 saturated heterocycles. The number of hydrogen-bond donors (Lipinski definition) is 2. The number of hydrogen-bond acceptors (Lipinski definition) is 3. The summed E-state index contributed by atoms with van der Waals surface area (Å²) in [4.78, 5) is 24.6. The number of fused-ring (bicyclic) bond motifs is 1. The van der Waals surface area contributed by atoms with Gasteiger partial charge in [0.1, 0.15) is 0 Å². The molecule has 1 unspecified atom stereocenters. The normalized spacial score (nSPS) is 22.9. The lowest BCUT2D eigenvalue weighted by Crippen LogP contribution is -2.25. The highest BCUT2D eigenvalue weighted by Crippen LogP contribution is 2.26. The van der Waals surface area contributed by atoms with Crippen LogP contribution in [-0.2, 0) is 11.3 Å². The summed E-state index contributed by atoms with van der Waals surface area (Å²) in [6.07, 6.45) is -0.413. The lowest BCUT2D eigenvalue weighted by atomic mass is 10.1. The van der Waals surface area contributed by atoms with E-state index in [1.165, 1.54) is 0 Å². The fourth-order valence-corrected chi connectivity index (χ4v) is 2.32. The Kier molecular flexibility index (Phi) is 2.16. The third-order valence-electron chi connectivity index (χ3n) is 3.19. The Bertz CT molecular complexity index is 512. The standard InChI is InChI=1S/C12H12N2O3/c15-9-4-11(16)14(6-9)8-1-2-10-7(3-8)5-13-12(10)17/h1-3,9,15H,4-6H2,(H,13,17). The molecule has 0 aromatic heterocycles. The number of carbonyl (C=O) groups is 2. The molecule has 1 fully saturated rings. The largest absolute Gasteiger partial charge is 0.391 e. The van der Waals surface area contributed by atoms with Crippen LogP contribution in [0.15, 0.2) is 18.2 Å². The van der Waals surface area contributed by atoms with Crippen LogP contribution in [0.3, 0.4) is 0 Å². The van der Waals surface area contributed by atoms with Gasteiger partial charge < -0.3 is 15.3 Å². The fourth-order valence-electron chi connectivity index (χ4n) is 2.32. The van der Waals surface area contributed by atoms with Crippen LogP contribution in [0.25, 0.3) is 0 Å². The van der Waals surface area contributed by atoms with E-state index in [9.17, 15) is 14.7 Å². The van der Waals surface area contributed by atoms with Gasteiger partial charge in [-0.3, -0.25) is 9.59 Å². The number of carbonyl (C=O) groups excluding carboxylic acids is 2. The van der Waals surface area contributed by atoms with Crippen LogP contribution in [0.4, 0.5) is 5.69 Å². The van der Waals surface area contributed by atoms with E-state index in [0.29, 0.717) is 18.7 Å². The Morgan fingerprint density at radius 1 is 1.35 bits per heavy atom. The van der Waals surface area contributed by atoms with Crippen molar-refractivity contribution >= 4 is 17.5 Å². The summed E-state index contributed by atoms with van der Waals surface area (Å²) < 4.78 is 0. The van der Waals surface area contributed by atoms with Crippen LogP contribution in [-0.4, -0.2) is 29.6 Å². The lowest BCUT2D eigenvalue weighted by Gasteiger charge is -2.16. The molecule has 0 spiro atoms. The Morgan fingerprint density at radius 2 is 2.18 bits per heavy atom. The van der Waals surface area contributed by atoms with Crippen LogP contribution >= 0.6 is 0 Å². The first-order chi connectivity index (χ1) is 8.15. The number of nitrogens with zero attached hydrogens (tertiary/aromatic N) is 1. The first kappa shape index (κ1) is 10.3. The number of aliphatic hydroxyl groups excluding tert-OH is 1. The van der Waals surface area contributed by atoms with Crippen LogP contribution in [0.5, 0.6) is 0 Å². The molecule has 2 amide bonds. The van der Waals surface area contributed by atoms with Gasteiger partial charge in [0.05, 0.1) is 19.1 Å². The van der Waals surface area contributed by atoms with Crippen LogP contribution < -0.4 is 10.2 Å². The average molecular weight is 232 g/mol. The second kappa shape index (κ2) is 3.56. The van der Waals surface area contributed by atoms with Crippen molar-refractivity contribution in [3.63, 3.8) is 0 Å². The molecule has 0 aliphatic carbocycles. The molecule has 1 atom stereocenters. The molecule has 0 radical (unpaired) electrons. The minimum Gasteiger partial charge on any atom is -0.391 e. The summed E-state index contributed by atoms with van der Waals surface area (Å²) in [6, 6.07) is 5.31. The van der Waals surface area contributed by atoms with Crippen molar-refractivity contribution in [2.24, 2.45) is 0 Å². The first-order valence-electron chi connectivity index (χ1n) is 5.55. The van der Waals surface area contributed by atoms with E-state index < -0.39 is 6.10 Å². The van der Waals surface area contributed by atoms with Gasteiger partial charge in [0, 0.05) is 17.8 Å². The van der Waals surface area contributed by atoms with E-state index in [4.69, 9.17) is 0 Å². The van der Waals surface area contributed by atoms with Crippen LogP contribution in [0.2, 0.25) is 0 Å². The molecule has 0 bridgehead atoms. The molecule has 5 heteroatoms. The van der Waals surface area contributed by atoms with Crippen molar-refractivity contribution in [3.05, 3.63) is 29.3 Å². The summed E-state index contributed by atoms with van der Waals surface area (Å²) in [7, 11) is 0. The van der Waals surface area contributed by atoms with Crippen molar-refractivity contribution in [2.75, 3.05) is 11.4 Å². The van der Waals surface area contributed by atoms with Crippen molar-refractivity contribution in [3.8, 4) is 0 Å². The molecule has 2 aliphatic heterocycles. The Labute approximate surface area is 98.0 Å². The Morgan fingerprint density at radius 3 is 2.88 bits per heavy atom. The molecule has 2 aliphatic rings. The predicted molar refractivity (Wildman–Crippen MR) is 60.6 cm³/mol. The van der Waals surface area contributed by atoms with Crippen molar-refractivity contribution in [1.29, 1.82) is 0 Å². The predicted octanol–water partition coefficient (Wildman–Crippen LogP) is 0.0276. The van der Waals surface area contributed by atoms with E-state index in [0.717, 1.165) is 11.3 Å². The third-order valence-corrected chi connectivity index (χ3v) is 3.19. The molecule has 1 aromatic carbocycles. The molecular formula is C12H12N2O3. The van der Waals surface area contributed by atoms with Crippen LogP contribution in [0.1, 0.15) is 22.3 Å². The van der Waals surface area contributed by atoms with Gasteiger partial charge in [-0.05, 0) is 23.8 Å². The maximum atomic E-state index is 11.6. The van der Waals surface area contributed by atoms with Gasteiger partial charge in [-0.15, -0.1) is 0 Å². The van der Waals surface area contributed by atoms with Gasteiger partial charge in [-0.2, -0.15) is 0 Å². The van der Waals surface area contributed by atoms with Gasteiger partial charge >= 0.3 is 0 Å². The van der Waals surface area contributed by atoms with E-state index in [1.807, 2.05) is 6.07 Å². The maximum absolute atomic E-state index is 11.6. The van der Waals surface area contributed by atoms with Crippen LogP contribution in [0, 0.1) is 0 Å². The number of nitrogens with one attached hydrogen (secondary N) is 1. The minimum atomic E-state index is -0.587. The fraction of sp³-hybridized carbons (Fsp3) is 0.333. The zero-order chi connectivity index (χ0) is 12.0. The minimum absolute atomic E-state index is 0.0701. The monoisotopic (exact) mass is 232 g/mol. The molecule has 0 saturated carbocycles. The highest BCUT2D eigenvalue weighted by Gasteiger charge is 2.30. The average Bonchev–Trinajstić information content (AvgIpc) is 2.82. The summed E-state index contributed by atoms with van der Waals surface area (Å²) in [5.74, 6) is -0.144. The highest BCUT2D eigenvalue weighted by atomic mass is 16.3. The number of β-amino-alcohol motifs (C(OH)–C–C–N with tert-alkyl or cyclic N) is 1. The topological polar surface area (TPSA) is 69.6 Å². The van der Waals surface area contributed by atoms with E-state index in [2.05, 4.69) is 5.32 Å². The molecule has 17 heavy (non-hydrogen) atoms. The number of benzene rings is 1.